The minimum absolute atomic E-state index is 0.152. The Labute approximate surface area is 176 Å². The van der Waals surface area contributed by atoms with E-state index in [2.05, 4.69) is 20.4 Å². The van der Waals surface area contributed by atoms with Gasteiger partial charge in [-0.25, -0.2) is 19.2 Å². The molecule has 0 radical (unpaired) electrons. The van der Waals surface area contributed by atoms with Crippen LogP contribution in [0.1, 0.15) is 19.2 Å². The first kappa shape index (κ1) is 20.7. The lowest BCUT2D eigenvalue weighted by Gasteiger charge is -2.14. The molecular formula is C20H20FN5O5. The van der Waals surface area contributed by atoms with Crippen molar-refractivity contribution in [3.05, 3.63) is 42.2 Å². The van der Waals surface area contributed by atoms with Crippen LogP contribution in [0, 0.1) is 5.82 Å². The second kappa shape index (κ2) is 8.64. The van der Waals surface area contributed by atoms with Crippen molar-refractivity contribution in [1.82, 2.24) is 15.3 Å². The van der Waals surface area contributed by atoms with Crippen molar-refractivity contribution in [3.63, 3.8) is 0 Å². The van der Waals surface area contributed by atoms with Crippen LogP contribution in [0.5, 0.6) is 0 Å². The highest BCUT2D eigenvalue weighted by Crippen LogP contribution is 2.28. The number of amides is 2. The van der Waals surface area contributed by atoms with Gasteiger partial charge in [-0.3, -0.25) is 9.69 Å². The molecule has 1 unspecified atom stereocenters. The maximum absolute atomic E-state index is 14.8. The van der Waals surface area contributed by atoms with E-state index in [1.54, 1.807) is 6.07 Å². The fourth-order valence-electron chi connectivity index (χ4n) is 3.28. The second-order valence-electron chi connectivity index (χ2n) is 7.17. The van der Waals surface area contributed by atoms with Crippen molar-refractivity contribution in [2.45, 2.75) is 25.6 Å². The maximum atomic E-state index is 14.8. The van der Waals surface area contributed by atoms with Gasteiger partial charge in [0.05, 0.1) is 25.4 Å². The molecule has 162 valence electrons. The smallest absolute Gasteiger partial charge is 0.414 e. The molecule has 2 atom stereocenters. The highest BCUT2D eigenvalue weighted by Gasteiger charge is 2.32. The summed E-state index contributed by atoms with van der Waals surface area (Å²) in [5, 5.41) is 15.6. The molecule has 1 aromatic carbocycles. The van der Waals surface area contributed by atoms with Gasteiger partial charge in [0.15, 0.2) is 11.9 Å². The Balaban J connectivity index is 1.47. The average Bonchev–Trinajstić information content (AvgIpc) is 3.39. The lowest BCUT2D eigenvalue weighted by Crippen LogP contribution is -2.33. The zero-order chi connectivity index (χ0) is 22.0. The van der Waals surface area contributed by atoms with Gasteiger partial charge in [0.2, 0.25) is 5.91 Å². The topological polar surface area (TPSA) is 126 Å². The highest BCUT2D eigenvalue weighted by atomic mass is 19.1. The van der Waals surface area contributed by atoms with Gasteiger partial charge in [0.1, 0.15) is 17.6 Å². The van der Waals surface area contributed by atoms with E-state index in [9.17, 15) is 14.0 Å². The average molecular weight is 429 g/mol. The van der Waals surface area contributed by atoms with E-state index < -0.39 is 24.1 Å². The zero-order valence-corrected chi connectivity index (χ0v) is 16.6. The molecule has 1 aromatic heterocycles. The Bertz CT molecular complexity index is 1030. The number of cyclic esters (lactones) is 1. The Morgan fingerprint density at radius 3 is 2.74 bits per heavy atom. The van der Waals surface area contributed by atoms with Crippen LogP contribution < -0.4 is 10.2 Å². The maximum Gasteiger partial charge on any atom is 0.414 e. The number of benzene rings is 1. The number of hydrogen-bond acceptors (Lipinski definition) is 8. The van der Waals surface area contributed by atoms with Crippen LogP contribution in [0.2, 0.25) is 0 Å². The second-order valence-corrected chi connectivity index (χ2v) is 7.17. The number of oxime groups is 1. The third-order valence-corrected chi connectivity index (χ3v) is 4.87. The zero-order valence-electron chi connectivity index (χ0n) is 16.6. The fraction of sp³-hybridized carbons (Fsp3) is 0.350. The molecule has 0 aliphatic carbocycles. The molecule has 1 fully saturated rings. The molecule has 31 heavy (non-hydrogen) atoms. The van der Waals surface area contributed by atoms with Gasteiger partial charge < -0.3 is 20.0 Å². The SMILES string of the molecule is CC(=O)NC[C@H]1CN(c2ccc(-c3cnc(C4=NOC(CO)C4)nc3)c(F)c2)C(=O)O1. The molecule has 0 spiro atoms. The molecule has 2 aliphatic rings. The van der Waals surface area contributed by atoms with Crippen LogP contribution in [-0.2, 0) is 14.4 Å². The van der Waals surface area contributed by atoms with E-state index in [0.29, 0.717) is 29.2 Å². The summed E-state index contributed by atoms with van der Waals surface area (Å²) in [4.78, 5) is 37.9. The van der Waals surface area contributed by atoms with Gasteiger partial charge in [0.25, 0.3) is 0 Å². The van der Waals surface area contributed by atoms with Crippen LogP contribution in [0.4, 0.5) is 14.9 Å². The summed E-state index contributed by atoms with van der Waals surface area (Å²) in [7, 11) is 0. The molecule has 4 rings (SSSR count). The number of aromatic nitrogens is 2. The van der Waals surface area contributed by atoms with Crippen molar-refractivity contribution in [2.24, 2.45) is 5.16 Å². The highest BCUT2D eigenvalue weighted by molar-refractivity contribution is 5.98. The summed E-state index contributed by atoms with van der Waals surface area (Å²) < 4.78 is 20.0. The molecule has 10 nitrogen and oxygen atoms in total. The number of rotatable bonds is 6. The Hall–Kier alpha value is -3.60. The van der Waals surface area contributed by atoms with E-state index >= 15 is 0 Å². The number of anilines is 1. The molecule has 2 amide bonds. The van der Waals surface area contributed by atoms with Gasteiger partial charge in [-0.05, 0) is 18.2 Å². The summed E-state index contributed by atoms with van der Waals surface area (Å²) in [5.74, 6) is -0.422. The predicted octanol–water partition coefficient (Wildman–Crippen LogP) is 1.23. The van der Waals surface area contributed by atoms with E-state index in [4.69, 9.17) is 14.7 Å². The van der Waals surface area contributed by atoms with Crippen LogP contribution in [-0.4, -0.2) is 64.7 Å². The van der Waals surface area contributed by atoms with Gasteiger partial charge >= 0.3 is 6.09 Å². The van der Waals surface area contributed by atoms with Gasteiger partial charge in [0, 0.05) is 36.9 Å². The van der Waals surface area contributed by atoms with Gasteiger partial charge in [-0.1, -0.05) is 5.16 Å². The standard InChI is InChI=1S/C20H20FN5O5/c1-11(28)22-8-15-9-26(20(29)30-15)13-2-3-16(17(21)4-13)12-6-23-19(24-7-12)18-5-14(10-27)31-25-18/h2-4,6-7,14-15,27H,5,8-10H2,1H3,(H,22,28)/t14?,15-/m0/s1. The molecule has 2 N–H and O–H groups in total. The van der Waals surface area contributed by atoms with E-state index in [1.165, 1.54) is 36.4 Å². The normalized spacial score (nSPS) is 20.3. The molecule has 2 aromatic rings. The van der Waals surface area contributed by atoms with Crippen molar-refractivity contribution in [2.75, 3.05) is 24.6 Å². The molecule has 1 saturated heterocycles. The number of ether oxygens (including phenoxy) is 1. The number of hydrogen-bond donors (Lipinski definition) is 2. The lowest BCUT2D eigenvalue weighted by molar-refractivity contribution is -0.119. The number of carbonyl (C=O) groups excluding carboxylic acids is 2. The fourth-order valence-corrected chi connectivity index (χ4v) is 3.28. The largest absolute Gasteiger partial charge is 0.442 e. The molecule has 2 aliphatic heterocycles. The number of nitrogens with zero attached hydrogens (tertiary/aromatic N) is 4. The number of nitrogens with one attached hydrogen (secondary N) is 1. The first-order valence-electron chi connectivity index (χ1n) is 9.63. The minimum atomic E-state index is -0.601. The summed E-state index contributed by atoms with van der Waals surface area (Å²) in [6, 6.07) is 4.39. The summed E-state index contributed by atoms with van der Waals surface area (Å²) in [6.45, 7) is 1.62. The van der Waals surface area contributed by atoms with Crippen molar-refractivity contribution in [1.29, 1.82) is 0 Å². The molecular weight excluding hydrogens is 409 g/mol. The first-order chi connectivity index (χ1) is 14.9. The summed E-state index contributed by atoms with van der Waals surface area (Å²) >= 11 is 0. The molecule has 0 saturated carbocycles. The van der Waals surface area contributed by atoms with Crippen molar-refractivity contribution in [3.8, 4) is 11.1 Å². The molecule has 11 heteroatoms. The third kappa shape index (κ3) is 4.45. The molecule has 0 bridgehead atoms. The van der Waals surface area contributed by atoms with Crippen molar-refractivity contribution >= 4 is 23.4 Å². The van der Waals surface area contributed by atoms with Crippen LogP contribution in [0.25, 0.3) is 11.1 Å². The number of carbonyl (C=O) groups is 2. The first-order valence-corrected chi connectivity index (χ1v) is 9.63. The summed E-state index contributed by atoms with van der Waals surface area (Å²) in [5.41, 5.74) is 1.60. The van der Waals surface area contributed by atoms with Crippen molar-refractivity contribution < 1.29 is 28.7 Å². The monoisotopic (exact) mass is 429 g/mol. The third-order valence-electron chi connectivity index (χ3n) is 4.87. The van der Waals surface area contributed by atoms with Gasteiger partial charge in [-0.15, -0.1) is 0 Å². The predicted molar refractivity (Wildman–Crippen MR) is 107 cm³/mol. The Morgan fingerprint density at radius 1 is 1.32 bits per heavy atom. The minimum Gasteiger partial charge on any atom is -0.442 e. The van der Waals surface area contributed by atoms with E-state index in [1.807, 2.05) is 0 Å². The quantitative estimate of drug-likeness (QED) is 0.707. The summed E-state index contributed by atoms with van der Waals surface area (Å²) in [6.07, 6.45) is 1.83. The van der Waals surface area contributed by atoms with Crippen LogP contribution in [0.15, 0.2) is 35.7 Å². The van der Waals surface area contributed by atoms with E-state index in [0.717, 1.165) is 0 Å². The van der Waals surface area contributed by atoms with Crippen LogP contribution >= 0.6 is 0 Å². The lowest BCUT2D eigenvalue weighted by atomic mass is 10.1. The number of aliphatic hydroxyl groups excluding tert-OH is 1. The number of halogens is 1. The van der Waals surface area contributed by atoms with Gasteiger partial charge in [-0.2, -0.15) is 0 Å². The number of aliphatic hydroxyl groups is 1. The Morgan fingerprint density at radius 2 is 2.10 bits per heavy atom. The Kier molecular flexibility index (Phi) is 5.76. The van der Waals surface area contributed by atoms with E-state index in [-0.39, 0.29) is 31.2 Å². The van der Waals surface area contributed by atoms with Crippen LogP contribution in [0.3, 0.4) is 0 Å². The molecule has 3 heterocycles.